The lowest BCUT2D eigenvalue weighted by Crippen LogP contribution is -2.10. The molecule has 2 aromatic heterocycles. The summed E-state index contributed by atoms with van der Waals surface area (Å²) in [5.41, 5.74) is 11.4. The lowest BCUT2D eigenvalue weighted by Gasteiger charge is -2.11. The molecule has 3 rings (SSSR count). The van der Waals surface area contributed by atoms with E-state index in [1.807, 2.05) is 29.8 Å². The van der Waals surface area contributed by atoms with Gasteiger partial charge in [-0.1, -0.05) is 25.1 Å². The van der Waals surface area contributed by atoms with Crippen LogP contribution in [0.4, 0.5) is 0 Å². The Morgan fingerprint density at radius 3 is 2.62 bits per heavy atom. The van der Waals surface area contributed by atoms with Crippen molar-refractivity contribution >= 4 is 10.9 Å². The summed E-state index contributed by atoms with van der Waals surface area (Å²) in [5.74, 6) is 0.844. The molecule has 3 aromatic rings. The monoisotopic (exact) mass is 280 g/mol. The summed E-state index contributed by atoms with van der Waals surface area (Å²) in [6, 6.07) is 10.2. The number of aromatic nitrogens is 3. The second-order valence-corrected chi connectivity index (χ2v) is 5.28. The largest absolute Gasteiger partial charge is 0.326 e. The molecule has 4 nitrogen and oxygen atoms in total. The highest BCUT2D eigenvalue weighted by atomic mass is 15.3. The van der Waals surface area contributed by atoms with Gasteiger partial charge in [0.05, 0.1) is 11.2 Å². The van der Waals surface area contributed by atoms with Crippen LogP contribution in [0.3, 0.4) is 0 Å². The predicted octanol–water partition coefficient (Wildman–Crippen LogP) is 3.06. The smallest absolute Gasteiger partial charge is 0.158 e. The third-order valence-corrected chi connectivity index (χ3v) is 4.00. The van der Waals surface area contributed by atoms with Gasteiger partial charge in [-0.3, -0.25) is 0 Å². The summed E-state index contributed by atoms with van der Waals surface area (Å²) in [4.78, 5) is 4.79. The molecular formula is C17H20N4. The van der Waals surface area contributed by atoms with E-state index < -0.39 is 0 Å². The van der Waals surface area contributed by atoms with Gasteiger partial charge >= 0.3 is 0 Å². The molecule has 21 heavy (non-hydrogen) atoms. The van der Waals surface area contributed by atoms with Crippen molar-refractivity contribution in [3.8, 4) is 5.82 Å². The van der Waals surface area contributed by atoms with Crippen LogP contribution in [0.25, 0.3) is 16.7 Å². The van der Waals surface area contributed by atoms with Gasteiger partial charge in [0.1, 0.15) is 0 Å². The number of rotatable bonds is 3. The Balaban J connectivity index is 2.28. The van der Waals surface area contributed by atoms with Crippen LogP contribution in [0.1, 0.15) is 29.4 Å². The molecule has 4 heteroatoms. The molecule has 2 heterocycles. The molecule has 0 unspecified atom stereocenters. The Kier molecular flexibility index (Phi) is 3.47. The van der Waals surface area contributed by atoms with Gasteiger partial charge in [-0.2, -0.15) is 5.10 Å². The van der Waals surface area contributed by atoms with Crippen molar-refractivity contribution in [2.24, 2.45) is 5.73 Å². The Morgan fingerprint density at radius 1 is 1.19 bits per heavy atom. The van der Waals surface area contributed by atoms with Crippen LogP contribution in [0.2, 0.25) is 0 Å². The molecule has 0 aliphatic rings. The number of benzene rings is 1. The first-order chi connectivity index (χ1) is 10.2. The number of aryl methyl sites for hydroxylation is 1. The number of nitrogens with two attached hydrogens (primary N) is 1. The van der Waals surface area contributed by atoms with Gasteiger partial charge < -0.3 is 5.73 Å². The molecule has 0 aliphatic carbocycles. The number of fused-ring (bicyclic) bond motifs is 1. The highest BCUT2D eigenvalue weighted by Crippen LogP contribution is 2.23. The maximum absolute atomic E-state index is 5.93. The summed E-state index contributed by atoms with van der Waals surface area (Å²) in [6.07, 6.45) is 0.975. The fourth-order valence-electron chi connectivity index (χ4n) is 2.88. The van der Waals surface area contributed by atoms with Crippen LogP contribution >= 0.6 is 0 Å². The van der Waals surface area contributed by atoms with Crippen LogP contribution in [0.5, 0.6) is 0 Å². The fraction of sp³-hybridized carbons (Fsp3) is 0.294. The molecule has 0 spiro atoms. The summed E-state index contributed by atoms with van der Waals surface area (Å²) < 4.78 is 1.93. The Morgan fingerprint density at radius 2 is 1.95 bits per heavy atom. The molecule has 0 saturated carbocycles. The van der Waals surface area contributed by atoms with Crippen molar-refractivity contribution in [3.05, 3.63) is 52.8 Å². The first-order valence-electron chi connectivity index (χ1n) is 7.30. The van der Waals surface area contributed by atoms with Crippen molar-refractivity contribution in [1.82, 2.24) is 14.8 Å². The van der Waals surface area contributed by atoms with Gasteiger partial charge in [0, 0.05) is 23.2 Å². The molecule has 0 amide bonds. The standard InChI is InChI=1S/C17H20N4/c1-4-15-11(2)20-21(12(15)3)17-14(10-18)9-13-7-5-6-8-16(13)19-17/h5-9H,4,10,18H2,1-3H3. The molecule has 0 atom stereocenters. The fourth-order valence-corrected chi connectivity index (χ4v) is 2.88. The number of hydrogen-bond acceptors (Lipinski definition) is 3. The first-order valence-corrected chi connectivity index (χ1v) is 7.30. The van der Waals surface area contributed by atoms with E-state index in [0.717, 1.165) is 40.1 Å². The normalized spacial score (nSPS) is 11.2. The third-order valence-electron chi connectivity index (χ3n) is 4.00. The van der Waals surface area contributed by atoms with Crippen molar-refractivity contribution < 1.29 is 0 Å². The van der Waals surface area contributed by atoms with E-state index in [9.17, 15) is 0 Å². The number of nitrogens with zero attached hydrogens (tertiary/aromatic N) is 3. The van der Waals surface area contributed by atoms with Crippen LogP contribution in [-0.2, 0) is 13.0 Å². The van der Waals surface area contributed by atoms with Gasteiger partial charge in [0.15, 0.2) is 5.82 Å². The molecule has 2 N–H and O–H groups in total. The number of hydrogen-bond donors (Lipinski definition) is 1. The lowest BCUT2D eigenvalue weighted by molar-refractivity contribution is 0.793. The van der Waals surface area contributed by atoms with E-state index >= 15 is 0 Å². The molecule has 1 aromatic carbocycles. The van der Waals surface area contributed by atoms with Gasteiger partial charge in [0.25, 0.3) is 0 Å². The van der Waals surface area contributed by atoms with E-state index in [1.165, 1.54) is 5.56 Å². The van der Waals surface area contributed by atoms with Gasteiger partial charge in [-0.05, 0) is 38.0 Å². The Labute approximate surface area is 124 Å². The van der Waals surface area contributed by atoms with Crippen molar-refractivity contribution in [1.29, 1.82) is 0 Å². The molecule has 108 valence electrons. The second-order valence-electron chi connectivity index (χ2n) is 5.28. The zero-order valence-electron chi connectivity index (χ0n) is 12.7. The lowest BCUT2D eigenvalue weighted by atomic mass is 10.1. The van der Waals surface area contributed by atoms with Crippen LogP contribution in [0.15, 0.2) is 30.3 Å². The molecular weight excluding hydrogens is 260 g/mol. The predicted molar refractivity (Wildman–Crippen MR) is 85.6 cm³/mol. The van der Waals surface area contributed by atoms with E-state index in [1.54, 1.807) is 0 Å². The minimum Gasteiger partial charge on any atom is -0.326 e. The van der Waals surface area contributed by atoms with Crippen LogP contribution < -0.4 is 5.73 Å². The zero-order valence-corrected chi connectivity index (χ0v) is 12.7. The highest BCUT2D eigenvalue weighted by Gasteiger charge is 2.15. The van der Waals surface area contributed by atoms with Gasteiger partial charge in [-0.15, -0.1) is 0 Å². The highest BCUT2D eigenvalue weighted by molar-refractivity contribution is 5.80. The maximum atomic E-state index is 5.93. The SMILES string of the molecule is CCc1c(C)nn(-c2nc3ccccc3cc2CN)c1C. The van der Waals surface area contributed by atoms with Crippen LogP contribution in [-0.4, -0.2) is 14.8 Å². The average molecular weight is 280 g/mol. The summed E-state index contributed by atoms with van der Waals surface area (Å²) in [7, 11) is 0. The number of pyridine rings is 1. The van der Waals surface area contributed by atoms with Crippen LogP contribution in [0, 0.1) is 13.8 Å². The van der Waals surface area contributed by atoms with Crippen molar-refractivity contribution in [2.75, 3.05) is 0 Å². The van der Waals surface area contributed by atoms with Gasteiger partial charge in [0.2, 0.25) is 0 Å². The molecule has 0 bridgehead atoms. The summed E-state index contributed by atoms with van der Waals surface area (Å²) >= 11 is 0. The average Bonchev–Trinajstić information content (AvgIpc) is 2.80. The third kappa shape index (κ3) is 2.21. The van der Waals surface area contributed by atoms with Crippen molar-refractivity contribution in [2.45, 2.75) is 33.7 Å². The Hall–Kier alpha value is -2.20. The zero-order chi connectivity index (χ0) is 15.0. The topological polar surface area (TPSA) is 56.7 Å². The van der Waals surface area contributed by atoms with E-state index in [0.29, 0.717) is 6.54 Å². The quantitative estimate of drug-likeness (QED) is 0.802. The number of para-hydroxylation sites is 1. The first kappa shape index (κ1) is 13.8. The Bertz CT molecular complexity index is 802. The summed E-state index contributed by atoms with van der Waals surface area (Å²) in [5, 5.41) is 5.78. The maximum Gasteiger partial charge on any atom is 0.158 e. The van der Waals surface area contributed by atoms with E-state index in [2.05, 4.69) is 31.1 Å². The summed E-state index contributed by atoms with van der Waals surface area (Å²) in [6.45, 7) is 6.74. The van der Waals surface area contributed by atoms with E-state index in [4.69, 9.17) is 10.7 Å². The molecule has 0 radical (unpaired) electrons. The van der Waals surface area contributed by atoms with Crippen molar-refractivity contribution in [3.63, 3.8) is 0 Å². The molecule has 0 fully saturated rings. The minimum absolute atomic E-state index is 0.451. The minimum atomic E-state index is 0.451. The molecule has 0 saturated heterocycles. The van der Waals surface area contributed by atoms with E-state index in [-0.39, 0.29) is 0 Å². The second kappa shape index (κ2) is 5.30. The molecule has 0 aliphatic heterocycles. The van der Waals surface area contributed by atoms with Gasteiger partial charge in [-0.25, -0.2) is 9.67 Å².